The maximum absolute atomic E-state index is 6.39. The van der Waals surface area contributed by atoms with Crippen LogP contribution in [0.4, 0.5) is 5.69 Å². The topological polar surface area (TPSA) is 60.6 Å². The van der Waals surface area contributed by atoms with Gasteiger partial charge in [-0.3, -0.25) is 4.98 Å². The highest BCUT2D eigenvalue weighted by molar-refractivity contribution is 5.85. The number of fused-ring (bicyclic) bond motifs is 1. The summed E-state index contributed by atoms with van der Waals surface area (Å²) in [7, 11) is 3.27. The van der Waals surface area contributed by atoms with Crippen LogP contribution in [-0.2, 0) is 0 Å². The molecule has 5 heteroatoms. The molecule has 3 rings (SSSR count). The molecule has 0 radical (unpaired) electrons. The van der Waals surface area contributed by atoms with Crippen molar-refractivity contribution in [2.45, 2.75) is 38.6 Å². The molecule has 0 saturated heterocycles. The quantitative estimate of drug-likeness (QED) is 0.691. The lowest BCUT2D eigenvalue weighted by Gasteiger charge is -2.34. The molecule has 2 unspecified atom stereocenters. The van der Waals surface area contributed by atoms with Crippen LogP contribution in [0, 0.1) is 5.92 Å². The van der Waals surface area contributed by atoms with Gasteiger partial charge in [0.25, 0.3) is 0 Å². The van der Waals surface area contributed by atoms with Crippen LogP contribution in [0.25, 0.3) is 10.9 Å². The average Bonchev–Trinajstić information content (AvgIpc) is 2.59. The van der Waals surface area contributed by atoms with Gasteiger partial charge >= 0.3 is 0 Å². The summed E-state index contributed by atoms with van der Waals surface area (Å²) in [6, 6.07) is 6.30. The molecule has 0 spiro atoms. The molecule has 1 aromatic heterocycles. The zero-order valence-electron chi connectivity index (χ0n) is 14.1. The Morgan fingerprint density at radius 2 is 1.87 bits per heavy atom. The number of hydrogen-bond donors (Lipinski definition) is 1. The fourth-order valence-corrected chi connectivity index (χ4v) is 3.45. The standard InChI is InChI=1S/C18H25N3O2/c1-12-5-4-6-14(7-12)21(19)15-8-13-9-17(22-2)18(23-3)10-16(13)20-11-15/h8-12,14H,4-7,19H2,1-3H3. The van der Waals surface area contributed by atoms with Gasteiger partial charge in [0, 0.05) is 17.5 Å². The van der Waals surface area contributed by atoms with Gasteiger partial charge in [0.1, 0.15) is 0 Å². The molecular formula is C18H25N3O2. The smallest absolute Gasteiger partial charge is 0.162 e. The third-order valence-corrected chi connectivity index (χ3v) is 4.77. The van der Waals surface area contributed by atoms with Crippen LogP contribution < -0.4 is 20.3 Å². The first-order chi connectivity index (χ1) is 11.1. The SMILES string of the molecule is COc1cc2cc(N(N)C3CCCC(C)C3)cnc2cc1OC. The summed E-state index contributed by atoms with van der Waals surface area (Å²) in [6.45, 7) is 2.30. The van der Waals surface area contributed by atoms with Gasteiger partial charge in [-0.05, 0) is 30.9 Å². The van der Waals surface area contributed by atoms with E-state index >= 15 is 0 Å². The van der Waals surface area contributed by atoms with Crippen LogP contribution in [-0.4, -0.2) is 25.2 Å². The molecule has 5 nitrogen and oxygen atoms in total. The minimum absolute atomic E-state index is 0.387. The van der Waals surface area contributed by atoms with Crippen LogP contribution in [0.5, 0.6) is 11.5 Å². The summed E-state index contributed by atoms with van der Waals surface area (Å²) in [5.41, 5.74) is 1.82. The lowest BCUT2D eigenvalue weighted by molar-refractivity contribution is 0.330. The molecule has 2 N–H and O–H groups in total. The number of methoxy groups -OCH3 is 2. The molecule has 1 aliphatic rings. The number of ether oxygens (including phenoxy) is 2. The third-order valence-electron chi connectivity index (χ3n) is 4.77. The summed E-state index contributed by atoms with van der Waals surface area (Å²) in [5.74, 6) is 8.51. The molecule has 124 valence electrons. The highest BCUT2D eigenvalue weighted by Gasteiger charge is 2.23. The first kappa shape index (κ1) is 15.9. The van der Waals surface area contributed by atoms with Gasteiger partial charge in [-0.15, -0.1) is 0 Å². The predicted molar refractivity (Wildman–Crippen MR) is 92.9 cm³/mol. The molecular weight excluding hydrogens is 290 g/mol. The summed E-state index contributed by atoms with van der Waals surface area (Å²) in [4.78, 5) is 4.54. The van der Waals surface area contributed by atoms with Gasteiger partial charge in [-0.2, -0.15) is 0 Å². The van der Waals surface area contributed by atoms with E-state index in [1.807, 2.05) is 23.3 Å². The van der Waals surface area contributed by atoms with E-state index in [0.29, 0.717) is 17.5 Å². The normalized spacial score (nSPS) is 21.2. The fourth-order valence-electron chi connectivity index (χ4n) is 3.45. The van der Waals surface area contributed by atoms with Crippen molar-refractivity contribution in [1.82, 2.24) is 4.98 Å². The van der Waals surface area contributed by atoms with Crippen LogP contribution in [0.1, 0.15) is 32.6 Å². The Balaban J connectivity index is 1.92. The van der Waals surface area contributed by atoms with E-state index in [1.165, 1.54) is 12.8 Å². The molecule has 1 aromatic carbocycles. The number of aromatic nitrogens is 1. The highest BCUT2D eigenvalue weighted by Crippen LogP contribution is 2.34. The van der Waals surface area contributed by atoms with Crippen molar-refractivity contribution < 1.29 is 9.47 Å². The number of pyridine rings is 1. The van der Waals surface area contributed by atoms with Crippen molar-refractivity contribution >= 4 is 16.6 Å². The zero-order chi connectivity index (χ0) is 16.4. The second-order valence-electron chi connectivity index (χ2n) is 6.43. The maximum Gasteiger partial charge on any atom is 0.162 e. The lowest BCUT2D eigenvalue weighted by Crippen LogP contribution is -2.43. The first-order valence-corrected chi connectivity index (χ1v) is 8.18. The maximum atomic E-state index is 6.39. The first-order valence-electron chi connectivity index (χ1n) is 8.18. The van der Waals surface area contributed by atoms with Gasteiger partial charge in [-0.1, -0.05) is 19.8 Å². The third kappa shape index (κ3) is 3.20. The Bertz CT molecular complexity index is 689. The van der Waals surface area contributed by atoms with Gasteiger partial charge in [0.15, 0.2) is 11.5 Å². The second-order valence-corrected chi connectivity index (χ2v) is 6.43. The van der Waals surface area contributed by atoms with E-state index in [2.05, 4.69) is 18.0 Å². The van der Waals surface area contributed by atoms with Gasteiger partial charge in [0.05, 0.1) is 31.6 Å². The van der Waals surface area contributed by atoms with Crippen molar-refractivity contribution in [1.29, 1.82) is 0 Å². The van der Waals surface area contributed by atoms with E-state index < -0.39 is 0 Å². The Kier molecular flexibility index (Phi) is 4.57. The zero-order valence-corrected chi connectivity index (χ0v) is 14.1. The number of hydrazine groups is 1. The van der Waals surface area contributed by atoms with E-state index in [4.69, 9.17) is 15.3 Å². The number of anilines is 1. The van der Waals surface area contributed by atoms with Gasteiger partial charge < -0.3 is 14.5 Å². The molecule has 23 heavy (non-hydrogen) atoms. The van der Waals surface area contributed by atoms with Crippen LogP contribution in [0.3, 0.4) is 0 Å². The van der Waals surface area contributed by atoms with Crippen LogP contribution in [0.15, 0.2) is 24.4 Å². The minimum atomic E-state index is 0.387. The van der Waals surface area contributed by atoms with Crippen molar-refractivity contribution in [3.63, 3.8) is 0 Å². The number of rotatable bonds is 4. The molecule has 1 saturated carbocycles. The molecule has 1 aliphatic carbocycles. The summed E-state index contributed by atoms with van der Waals surface area (Å²) in [6.07, 6.45) is 6.67. The molecule has 1 heterocycles. The van der Waals surface area contributed by atoms with E-state index in [9.17, 15) is 0 Å². The monoisotopic (exact) mass is 315 g/mol. The lowest BCUT2D eigenvalue weighted by atomic mass is 9.86. The number of nitrogens with zero attached hydrogens (tertiary/aromatic N) is 2. The average molecular weight is 315 g/mol. The van der Waals surface area contributed by atoms with E-state index in [-0.39, 0.29) is 0 Å². The largest absolute Gasteiger partial charge is 0.493 e. The van der Waals surface area contributed by atoms with Crippen molar-refractivity contribution in [2.75, 3.05) is 19.2 Å². The number of nitrogens with two attached hydrogens (primary N) is 1. The van der Waals surface area contributed by atoms with Gasteiger partial charge in [0.2, 0.25) is 0 Å². The van der Waals surface area contributed by atoms with Crippen molar-refractivity contribution in [3.05, 3.63) is 24.4 Å². The van der Waals surface area contributed by atoms with Crippen molar-refractivity contribution in [2.24, 2.45) is 11.8 Å². The Morgan fingerprint density at radius 3 is 2.57 bits per heavy atom. The molecule has 0 bridgehead atoms. The molecule has 0 amide bonds. The molecule has 2 aromatic rings. The predicted octanol–water partition coefficient (Wildman–Crippen LogP) is 3.51. The van der Waals surface area contributed by atoms with Crippen LogP contribution in [0.2, 0.25) is 0 Å². The van der Waals surface area contributed by atoms with Gasteiger partial charge in [-0.25, -0.2) is 5.84 Å². The number of benzene rings is 1. The van der Waals surface area contributed by atoms with E-state index in [1.54, 1.807) is 14.2 Å². The number of hydrogen-bond acceptors (Lipinski definition) is 5. The Labute approximate surface area is 137 Å². The molecule has 0 aliphatic heterocycles. The minimum Gasteiger partial charge on any atom is -0.493 e. The Morgan fingerprint density at radius 1 is 1.13 bits per heavy atom. The second kappa shape index (κ2) is 6.62. The molecule has 1 fully saturated rings. The summed E-state index contributed by atoms with van der Waals surface area (Å²) < 4.78 is 10.7. The highest BCUT2D eigenvalue weighted by atomic mass is 16.5. The van der Waals surface area contributed by atoms with E-state index in [0.717, 1.165) is 35.3 Å². The molecule has 2 atom stereocenters. The fraction of sp³-hybridized carbons (Fsp3) is 0.500. The summed E-state index contributed by atoms with van der Waals surface area (Å²) in [5, 5.41) is 2.89. The van der Waals surface area contributed by atoms with Crippen LogP contribution >= 0.6 is 0 Å². The Hall–Kier alpha value is -2.01. The van der Waals surface area contributed by atoms with Crippen molar-refractivity contribution in [3.8, 4) is 11.5 Å². The summed E-state index contributed by atoms with van der Waals surface area (Å²) >= 11 is 0.